The molecule has 2 N–H and O–H groups in total. The van der Waals surface area contributed by atoms with E-state index in [1.54, 1.807) is 48.3 Å². The van der Waals surface area contributed by atoms with E-state index in [4.69, 9.17) is 4.74 Å². The van der Waals surface area contributed by atoms with Gasteiger partial charge < -0.3 is 15.2 Å². The molecular weight excluding hydrogens is 424 g/mol. The van der Waals surface area contributed by atoms with Gasteiger partial charge in [0.2, 0.25) is 11.8 Å². The number of carbonyl (C=O) groups is 2. The van der Waals surface area contributed by atoms with Crippen molar-refractivity contribution in [1.82, 2.24) is 4.98 Å². The van der Waals surface area contributed by atoms with Gasteiger partial charge in [-0.1, -0.05) is 29.8 Å². The highest BCUT2D eigenvalue weighted by molar-refractivity contribution is 7.99. The number of carboxylic acid groups (broad SMARTS) is 1. The van der Waals surface area contributed by atoms with Crippen LogP contribution in [0.1, 0.15) is 29.8 Å². The predicted molar refractivity (Wildman–Crippen MR) is 127 cm³/mol. The van der Waals surface area contributed by atoms with Crippen LogP contribution in [0.5, 0.6) is 11.6 Å². The molecule has 0 radical (unpaired) electrons. The molecule has 0 bridgehead atoms. The maximum Gasteiger partial charge on any atom is 0.337 e. The Morgan fingerprint density at radius 2 is 1.81 bits per heavy atom. The lowest BCUT2D eigenvalue weighted by atomic mass is 10.1. The van der Waals surface area contributed by atoms with Gasteiger partial charge >= 0.3 is 5.97 Å². The number of aromatic carboxylic acids is 1. The normalized spacial score (nSPS) is 10.3. The van der Waals surface area contributed by atoms with Crippen LogP contribution in [-0.2, 0) is 11.2 Å². The first-order valence-electron chi connectivity index (χ1n) is 10.0. The summed E-state index contributed by atoms with van der Waals surface area (Å²) in [4.78, 5) is 29.0. The largest absolute Gasteiger partial charge is 0.478 e. The Labute approximate surface area is 191 Å². The molecule has 0 aliphatic heterocycles. The molecule has 1 heterocycles. The molecule has 0 spiro atoms. The molecule has 0 aliphatic carbocycles. The van der Waals surface area contributed by atoms with Crippen molar-refractivity contribution in [3.8, 4) is 11.6 Å². The number of hydrogen-bond acceptors (Lipinski definition) is 5. The summed E-state index contributed by atoms with van der Waals surface area (Å²) >= 11 is 1.76. The van der Waals surface area contributed by atoms with E-state index in [0.717, 1.165) is 10.6 Å². The SMILES string of the molecule is CC(C)=CCSc1ccc(Oc2ccc(CC(=O)Nc3ccccc3C(=O)O)cn2)cc1. The van der Waals surface area contributed by atoms with E-state index in [1.165, 1.54) is 11.6 Å². The Balaban J connectivity index is 1.54. The monoisotopic (exact) mass is 448 g/mol. The number of aromatic nitrogens is 1. The number of pyridine rings is 1. The number of para-hydroxylation sites is 1. The molecule has 7 heteroatoms. The molecular formula is C25H24N2O4S. The van der Waals surface area contributed by atoms with Crippen molar-refractivity contribution in [3.05, 3.63) is 89.6 Å². The lowest BCUT2D eigenvalue weighted by molar-refractivity contribution is -0.115. The molecule has 1 amide bonds. The molecule has 3 aromatic rings. The van der Waals surface area contributed by atoms with E-state index in [1.807, 2.05) is 24.3 Å². The van der Waals surface area contributed by atoms with Crippen molar-refractivity contribution in [2.45, 2.75) is 25.2 Å². The van der Waals surface area contributed by atoms with E-state index < -0.39 is 5.97 Å². The van der Waals surface area contributed by atoms with Crippen LogP contribution in [-0.4, -0.2) is 27.7 Å². The van der Waals surface area contributed by atoms with Crippen molar-refractivity contribution >= 4 is 29.3 Å². The molecule has 6 nitrogen and oxygen atoms in total. The van der Waals surface area contributed by atoms with Crippen LogP contribution in [0.15, 0.2) is 83.4 Å². The smallest absolute Gasteiger partial charge is 0.337 e. The van der Waals surface area contributed by atoms with Gasteiger partial charge in [-0.05, 0) is 55.8 Å². The minimum absolute atomic E-state index is 0.0454. The lowest BCUT2D eigenvalue weighted by Gasteiger charge is -2.09. The molecule has 164 valence electrons. The zero-order valence-corrected chi connectivity index (χ0v) is 18.7. The van der Waals surface area contributed by atoms with Gasteiger partial charge in [-0.25, -0.2) is 9.78 Å². The average molecular weight is 449 g/mol. The Bertz CT molecular complexity index is 1110. The van der Waals surface area contributed by atoms with Gasteiger partial charge in [-0.2, -0.15) is 0 Å². The summed E-state index contributed by atoms with van der Waals surface area (Å²) in [5, 5.41) is 11.9. The summed E-state index contributed by atoms with van der Waals surface area (Å²) in [6, 6.07) is 17.5. The Hall–Kier alpha value is -3.58. The number of ether oxygens (including phenoxy) is 1. The standard InChI is InChI=1S/C25H24N2O4S/c1-17(2)13-14-32-20-10-8-19(9-11-20)31-24-12-7-18(16-26-24)15-23(28)27-22-6-4-3-5-21(22)25(29)30/h3-13,16H,14-15H2,1-2H3,(H,27,28)(H,29,30). The van der Waals surface area contributed by atoms with Crippen molar-refractivity contribution < 1.29 is 19.4 Å². The predicted octanol–water partition coefficient (Wildman–Crippen LogP) is 5.81. The highest BCUT2D eigenvalue weighted by Gasteiger charge is 2.12. The Kier molecular flexibility index (Phi) is 8.05. The number of nitrogens with one attached hydrogen (secondary N) is 1. The second-order valence-electron chi connectivity index (χ2n) is 7.25. The fourth-order valence-electron chi connectivity index (χ4n) is 2.76. The number of allylic oxidation sites excluding steroid dienone is 1. The highest BCUT2D eigenvalue weighted by Crippen LogP contribution is 2.25. The summed E-state index contributed by atoms with van der Waals surface area (Å²) in [5.74, 6) is 0.621. The minimum Gasteiger partial charge on any atom is -0.478 e. The first-order valence-corrected chi connectivity index (χ1v) is 11.0. The maximum atomic E-state index is 12.3. The first-order chi connectivity index (χ1) is 15.4. The van der Waals surface area contributed by atoms with Gasteiger partial charge in [0, 0.05) is 22.9 Å². The highest BCUT2D eigenvalue weighted by atomic mass is 32.2. The third-order valence-electron chi connectivity index (χ3n) is 4.38. The minimum atomic E-state index is -1.09. The van der Waals surface area contributed by atoms with Crippen LogP contribution in [0.3, 0.4) is 0 Å². The summed E-state index contributed by atoms with van der Waals surface area (Å²) in [5.41, 5.74) is 2.30. The third kappa shape index (κ3) is 6.99. The average Bonchev–Trinajstić information content (AvgIpc) is 2.76. The van der Waals surface area contributed by atoms with E-state index in [-0.39, 0.29) is 23.6 Å². The second kappa shape index (κ2) is 11.2. The van der Waals surface area contributed by atoms with Crippen LogP contribution < -0.4 is 10.1 Å². The molecule has 0 fully saturated rings. The topological polar surface area (TPSA) is 88.5 Å². The van der Waals surface area contributed by atoms with Crippen LogP contribution in [0.4, 0.5) is 5.69 Å². The van der Waals surface area contributed by atoms with Crippen LogP contribution >= 0.6 is 11.8 Å². The molecule has 0 atom stereocenters. The summed E-state index contributed by atoms with van der Waals surface area (Å²) in [6.45, 7) is 4.17. The van der Waals surface area contributed by atoms with Gasteiger partial charge in [0.25, 0.3) is 0 Å². The van der Waals surface area contributed by atoms with Gasteiger partial charge in [-0.3, -0.25) is 4.79 Å². The first kappa shape index (κ1) is 23.1. The third-order valence-corrected chi connectivity index (χ3v) is 5.32. The van der Waals surface area contributed by atoms with Gasteiger partial charge in [0.05, 0.1) is 17.7 Å². The quantitative estimate of drug-likeness (QED) is 0.317. The number of rotatable bonds is 9. The van der Waals surface area contributed by atoms with Crippen molar-refractivity contribution in [2.24, 2.45) is 0 Å². The number of carbonyl (C=O) groups excluding carboxylic acids is 1. The molecule has 0 aliphatic rings. The fourth-order valence-corrected chi connectivity index (χ4v) is 3.70. The van der Waals surface area contributed by atoms with E-state index in [9.17, 15) is 14.7 Å². The number of benzene rings is 2. The fraction of sp³-hybridized carbons (Fsp3) is 0.160. The summed E-state index contributed by atoms with van der Waals surface area (Å²) in [6.07, 6.45) is 3.83. The zero-order valence-electron chi connectivity index (χ0n) is 17.9. The number of hydrogen-bond donors (Lipinski definition) is 2. The molecule has 3 rings (SSSR count). The maximum absolute atomic E-state index is 12.3. The van der Waals surface area contributed by atoms with Crippen molar-refractivity contribution in [3.63, 3.8) is 0 Å². The molecule has 0 saturated heterocycles. The van der Waals surface area contributed by atoms with Crippen LogP contribution in [0, 0.1) is 0 Å². The number of anilines is 1. The molecule has 32 heavy (non-hydrogen) atoms. The zero-order chi connectivity index (χ0) is 22.9. The molecule has 0 saturated carbocycles. The van der Waals surface area contributed by atoms with Crippen molar-refractivity contribution in [1.29, 1.82) is 0 Å². The Morgan fingerprint density at radius 3 is 2.47 bits per heavy atom. The van der Waals surface area contributed by atoms with Gasteiger partial charge in [0.15, 0.2) is 0 Å². The van der Waals surface area contributed by atoms with Gasteiger partial charge in [0.1, 0.15) is 5.75 Å². The number of carboxylic acids is 1. The Morgan fingerprint density at radius 1 is 1.06 bits per heavy atom. The lowest BCUT2D eigenvalue weighted by Crippen LogP contribution is -2.16. The van der Waals surface area contributed by atoms with Crippen LogP contribution in [0.2, 0.25) is 0 Å². The molecule has 2 aromatic carbocycles. The van der Waals surface area contributed by atoms with E-state index >= 15 is 0 Å². The second-order valence-corrected chi connectivity index (χ2v) is 8.34. The van der Waals surface area contributed by atoms with Crippen LogP contribution in [0.25, 0.3) is 0 Å². The van der Waals surface area contributed by atoms with E-state index in [0.29, 0.717) is 17.2 Å². The number of nitrogens with zero attached hydrogens (tertiary/aromatic N) is 1. The number of thioether (sulfide) groups is 1. The van der Waals surface area contributed by atoms with E-state index in [2.05, 4.69) is 30.2 Å². The summed E-state index contributed by atoms with van der Waals surface area (Å²) in [7, 11) is 0. The van der Waals surface area contributed by atoms with Crippen molar-refractivity contribution in [2.75, 3.05) is 11.1 Å². The number of amides is 1. The molecule has 0 unspecified atom stereocenters. The molecule has 1 aromatic heterocycles. The van der Waals surface area contributed by atoms with Gasteiger partial charge in [-0.15, -0.1) is 11.8 Å². The summed E-state index contributed by atoms with van der Waals surface area (Å²) < 4.78 is 5.78.